The Hall–Kier alpha value is -3.28. The zero-order chi connectivity index (χ0) is 29.2. The molecular weight excluding hydrogens is 548 g/mol. The number of piperazine rings is 1. The van der Waals surface area contributed by atoms with E-state index in [0.717, 1.165) is 92.0 Å². The first-order valence-corrected chi connectivity index (χ1v) is 16.1. The highest BCUT2D eigenvalue weighted by atomic mass is 32.1. The van der Waals surface area contributed by atoms with Crippen LogP contribution in [0.25, 0.3) is 10.6 Å². The van der Waals surface area contributed by atoms with Gasteiger partial charge in [0.2, 0.25) is 11.9 Å². The summed E-state index contributed by atoms with van der Waals surface area (Å²) >= 11 is 1.67. The molecule has 1 N–H and O–H groups in total. The number of hydrogen-bond acceptors (Lipinski definition) is 10. The molecule has 2 aliphatic heterocycles. The zero-order valence-corrected chi connectivity index (χ0v) is 26.0. The highest BCUT2D eigenvalue weighted by Crippen LogP contribution is 2.40. The van der Waals surface area contributed by atoms with Gasteiger partial charge in [-0.25, -0.2) is 9.97 Å². The van der Waals surface area contributed by atoms with Gasteiger partial charge in [0.25, 0.3) is 0 Å². The lowest BCUT2D eigenvalue weighted by atomic mass is 10.0. The van der Waals surface area contributed by atoms with Gasteiger partial charge in [0.05, 0.1) is 24.7 Å². The minimum absolute atomic E-state index is 0.114. The molecule has 1 saturated heterocycles. The van der Waals surface area contributed by atoms with Gasteiger partial charge in [-0.05, 0) is 44.0 Å². The molecule has 1 atom stereocenters. The minimum Gasteiger partial charge on any atom is -0.495 e. The second kappa shape index (κ2) is 12.5. The van der Waals surface area contributed by atoms with Crippen LogP contribution in [0.1, 0.15) is 51.6 Å². The number of benzene rings is 1. The lowest BCUT2D eigenvalue weighted by molar-refractivity contribution is -0.120. The molecule has 1 amide bonds. The first-order chi connectivity index (χ1) is 20.5. The van der Waals surface area contributed by atoms with E-state index in [1.807, 2.05) is 19.2 Å². The molecular formula is C31H42N8O2S. The van der Waals surface area contributed by atoms with Gasteiger partial charge in [-0.3, -0.25) is 9.69 Å². The largest absolute Gasteiger partial charge is 0.495 e. The van der Waals surface area contributed by atoms with Gasteiger partial charge in [0, 0.05) is 56.8 Å². The maximum atomic E-state index is 13.2. The average Bonchev–Trinajstić information content (AvgIpc) is 3.72. The van der Waals surface area contributed by atoms with Gasteiger partial charge in [-0.1, -0.05) is 26.7 Å². The van der Waals surface area contributed by atoms with Crippen molar-refractivity contribution in [2.45, 2.75) is 64.6 Å². The van der Waals surface area contributed by atoms with Crippen molar-refractivity contribution in [3.05, 3.63) is 35.5 Å². The fourth-order valence-electron chi connectivity index (χ4n) is 6.50. The smallest absolute Gasteiger partial charge is 0.249 e. The van der Waals surface area contributed by atoms with Gasteiger partial charge >= 0.3 is 0 Å². The minimum atomic E-state index is -0.202. The van der Waals surface area contributed by atoms with E-state index in [4.69, 9.17) is 14.7 Å². The van der Waals surface area contributed by atoms with Crippen molar-refractivity contribution < 1.29 is 9.53 Å². The third-order valence-electron chi connectivity index (χ3n) is 8.96. The molecule has 10 nitrogen and oxygen atoms in total. The van der Waals surface area contributed by atoms with Gasteiger partial charge in [0.1, 0.15) is 22.5 Å². The molecule has 224 valence electrons. The molecule has 2 aromatic heterocycles. The monoisotopic (exact) mass is 590 g/mol. The van der Waals surface area contributed by atoms with E-state index < -0.39 is 0 Å². The summed E-state index contributed by atoms with van der Waals surface area (Å²) in [5, 5.41) is 6.54. The van der Waals surface area contributed by atoms with E-state index in [1.165, 1.54) is 12.8 Å². The number of rotatable bonds is 9. The molecule has 42 heavy (non-hydrogen) atoms. The Balaban J connectivity index is 1.21. The maximum Gasteiger partial charge on any atom is 0.249 e. The SMILES string of the molecule is CCC1C(=O)N(C)c2cnc(Nc3ccc(-c4nc(CN5CCN(CC)CC5)cs4)cc3OC)nc2N1C1CCCC1. The second-order valence-corrected chi connectivity index (χ2v) is 12.3. The number of nitrogens with zero attached hydrogens (tertiary/aromatic N) is 7. The molecule has 0 bridgehead atoms. The predicted molar refractivity (Wildman–Crippen MR) is 169 cm³/mol. The van der Waals surface area contributed by atoms with Crippen molar-refractivity contribution in [1.82, 2.24) is 24.8 Å². The van der Waals surface area contributed by atoms with Crippen LogP contribution in [0.15, 0.2) is 29.8 Å². The number of hydrogen-bond donors (Lipinski definition) is 1. The van der Waals surface area contributed by atoms with Crippen molar-refractivity contribution in [2.75, 3.05) is 62.0 Å². The fourth-order valence-corrected chi connectivity index (χ4v) is 7.30. The highest BCUT2D eigenvalue weighted by molar-refractivity contribution is 7.13. The second-order valence-electron chi connectivity index (χ2n) is 11.5. The number of anilines is 4. The molecule has 11 heteroatoms. The van der Waals surface area contributed by atoms with Crippen LogP contribution in [0.4, 0.5) is 23.1 Å². The van der Waals surface area contributed by atoms with Crippen LogP contribution in [-0.2, 0) is 11.3 Å². The molecule has 3 aliphatic rings. The lowest BCUT2D eigenvalue weighted by Gasteiger charge is -2.43. The molecule has 1 aliphatic carbocycles. The van der Waals surface area contributed by atoms with Crippen LogP contribution in [0.5, 0.6) is 5.75 Å². The Labute approximate surface area is 252 Å². The van der Waals surface area contributed by atoms with Crippen molar-refractivity contribution >= 4 is 40.4 Å². The summed E-state index contributed by atoms with van der Waals surface area (Å²) in [6.45, 7) is 10.7. The van der Waals surface area contributed by atoms with Crippen molar-refractivity contribution in [1.29, 1.82) is 0 Å². The zero-order valence-electron chi connectivity index (χ0n) is 25.2. The van der Waals surface area contributed by atoms with Crippen LogP contribution >= 0.6 is 11.3 Å². The lowest BCUT2D eigenvalue weighted by Crippen LogP contribution is -2.55. The number of carbonyl (C=O) groups excluding carboxylic acids is 1. The van der Waals surface area contributed by atoms with E-state index >= 15 is 0 Å². The molecule has 4 heterocycles. The Bertz CT molecular complexity index is 1400. The standard InChI is InChI=1S/C31H42N8O2S/c1-5-25-30(40)36(3)26-18-32-31(35-28(26)39(25)23-9-7-8-10-23)34-24-12-11-21(17-27(24)41-4)29-33-22(20-42-29)19-38-15-13-37(6-2)14-16-38/h11-12,17-18,20,23,25H,5-10,13-16,19H2,1-4H3,(H,32,34,35). The Morgan fingerprint density at radius 1 is 1.07 bits per heavy atom. The summed E-state index contributed by atoms with van der Waals surface area (Å²) < 4.78 is 5.79. The maximum absolute atomic E-state index is 13.2. The topological polar surface area (TPSA) is 90.0 Å². The molecule has 3 aromatic rings. The summed E-state index contributed by atoms with van der Waals surface area (Å²) in [6, 6.07) is 6.21. The molecule has 0 radical (unpaired) electrons. The summed E-state index contributed by atoms with van der Waals surface area (Å²) in [6.07, 6.45) is 7.05. The number of amides is 1. The van der Waals surface area contributed by atoms with E-state index in [0.29, 0.717) is 17.7 Å². The van der Waals surface area contributed by atoms with Crippen molar-refractivity contribution in [2.24, 2.45) is 0 Å². The molecule has 1 unspecified atom stereocenters. The number of thiazole rings is 1. The summed E-state index contributed by atoms with van der Waals surface area (Å²) in [5.41, 5.74) is 3.68. The van der Waals surface area contributed by atoms with Gasteiger partial charge < -0.3 is 24.8 Å². The van der Waals surface area contributed by atoms with Crippen LogP contribution in [0.2, 0.25) is 0 Å². The quantitative estimate of drug-likeness (QED) is 0.370. The average molecular weight is 591 g/mol. The van der Waals surface area contributed by atoms with Crippen LogP contribution in [0, 0.1) is 0 Å². The third-order valence-corrected chi connectivity index (χ3v) is 9.90. The number of likely N-dealkylation sites (N-methyl/N-ethyl adjacent to an activating group) is 2. The summed E-state index contributed by atoms with van der Waals surface area (Å²) in [5.74, 6) is 2.13. The van der Waals surface area contributed by atoms with Crippen LogP contribution in [-0.4, -0.2) is 89.6 Å². The number of carbonyl (C=O) groups is 1. The number of aromatic nitrogens is 3. The third kappa shape index (κ3) is 5.69. The van der Waals surface area contributed by atoms with Crippen molar-refractivity contribution in [3.8, 4) is 16.3 Å². The molecule has 1 aromatic carbocycles. The van der Waals surface area contributed by atoms with E-state index in [-0.39, 0.29) is 11.9 Å². The number of methoxy groups -OCH3 is 1. The molecule has 6 rings (SSSR count). The highest BCUT2D eigenvalue weighted by Gasteiger charge is 2.41. The van der Waals surface area contributed by atoms with E-state index in [1.54, 1.807) is 29.5 Å². The Morgan fingerprint density at radius 2 is 1.83 bits per heavy atom. The van der Waals surface area contributed by atoms with Crippen LogP contribution < -0.4 is 19.9 Å². The normalized spacial score (nSPS) is 20.3. The number of fused-ring (bicyclic) bond motifs is 1. The molecule has 2 fully saturated rings. The number of ether oxygens (including phenoxy) is 1. The molecule has 0 spiro atoms. The first kappa shape index (κ1) is 28.8. The summed E-state index contributed by atoms with van der Waals surface area (Å²) in [7, 11) is 3.50. The van der Waals surface area contributed by atoms with Gasteiger partial charge in [0.15, 0.2) is 5.82 Å². The fraction of sp³-hybridized carbons (Fsp3) is 0.548. The van der Waals surface area contributed by atoms with Gasteiger partial charge in [-0.2, -0.15) is 4.98 Å². The van der Waals surface area contributed by atoms with Crippen molar-refractivity contribution in [3.63, 3.8) is 0 Å². The van der Waals surface area contributed by atoms with E-state index in [9.17, 15) is 4.79 Å². The first-order valence-electron chi connectivity index (χ1n) is 15.3. The number of nitrogens with one attached hydrogen (secondary N) is 1. The van der Waals surface area contributed by atoms with Gasteiger partial charge in [-0.15, -0.1) is 11.3 Å². The summed E-state index contributed by atoms with van der Waals surface area (Å²) in [4.78, 5) is 36.7. The van der Waals surface area contributed by atoms with E-state index in [2.05, 4.69) is 50.3 Å². The Morgan fingerprint density at radius 3 is 2.55 bits per heavy atom. The van der Waals surface area contributed by atoms with Crippen LogP contribution in [0.3, 0.4) is 0 Å². The predicted octanol–water partition coefficient (Wildman–Crippen LogP) is 4.99. The molecule has 1 saturated carbocycles. The Kier molecular flexibility index (Phi) is 8.60.